The Kier molecular flexibility index (Phi) is 3.53. The van der Waals surface area contributed by atoms with Gasteiger partial charge in [0.15, 0.2) is 5.69 Å². The van der Waals surface area contributed by atoms with Crippen molar-refractivity contribution in [1.29, 1.82) is 5.26 Å². The first-order valence-electron chi connectivity index (χ1n) is 5.72. The fourth-order valence-corrected chi connectivity index (χ4v) is 2.89. The predicted octanol–water partition coefficient (Wildman–Crippen LogP) is 2.07. The minimum Gasteiger partial charge on any atom is -0.354 e. The Bertz CT molecular complexity index is 421. The van der Waals surface area contributed by atoms with E-state index in [2.05, 4.69) is 28.7 Å². The van der Waals surface area contributed by atoms with E-state index in [0.717, 1.165) is 31.1 Å². The van der Waals surface area contributed by atoms with E-state index >= 15 is 0 Å². The average molecular weight is 248 g/mol. The second kappa shape index (κ2) is 4.92. The van der Waals surface area contributed by atoms with Gasteiger partial charge in [-0.3, -0.25) is 0 Å². The summed E-state index contributed by atoms with van der Waals surface area (Å²) in [5.74, 6) is 1.98. The lowest BCUT2D eigenvalue weighted by Crippen LogP contribution is -2.27. The lowest BCUT2D eigenvalue weighted by Gasteiger charge is -2.23. The monoisotopic (exact) mass is 248 g/mol. The minimum absolute atomic E-state index is 0.342. The molecule has 0 spiro atoms. The third kappa shape index (κ3) is 3.10. The lowest BCUT2D eigenvalue weighted by molar-refractivity contribution is 0.634. The molecule has 0 unspecified atom stereocenters. The Morgan fingerprint density at radius 1 is 1.35 bits per heavy atom. The van der Waals surface area contributed by atoms with Gasteiger partial charge in [-0.25, -0.2) is 9.97 Å². The topological polar surface area (TPSA) is 52.8 Å². The van der Waals surface area contributed by atoms with Gasteiger partial charge in [-0.2, -0.15) is 17.0 Å². The van der Waals surface area contributed by atoms with Crippen molar-refractivity contribution in [2.75, 3.05) is 23.7 Å². The van der Waals surface area contributed by atoms with E-state index < -0.39 is 0 Å². The molecule has 0 N–H and O–H groups in total. The third-order valence-electron chi connectivity index (χ3n) is 2.91. The van der Waals surface area contributed by atoms with Crippen LogP contribution in [0.3, 0.4) is 0 Å². The van der Waals surface area contributed by atoms with Gasteiger partial charge in [-0.05, 0) is 6.42 Å². The summed E-state index contributed by atoms with van der Waals surface area (Å²) in [5.41, 5.74) is 0.373. The zero-order valence-electron chi connectivity index (χ0n) is 10.2. The van der Waals surface area contributed by atoms with Gasteiger partial charge in [0.25, 0.3) is 0 Å². The van der Waals surface area contributed by atoms with E-state index in [4.69, 9.17) is 5.26 Å². The number of rotatable bonds is 1. The van der Waals surface area contributed by atoms with Crippen molar-refractivity contribution in [3.05, 3.63) is 18.1 Å². The average Bonchev–Trinajstić information content (AvgIpc) is 2.50. The fourth-order valence-electron chi connectivity index (χ4n) is 1.79. The maximum Gasteiger partial charge on any atom is 0.158 e. The van der Waals surface area contributed by atoms with Crippen LogP contribution in [0, 0.1) is 11.3 Å². The van der Waals surface area contributed by atoms with Gasteiger partial charge < -0.3 is 4.90 Å². The molecule has 5 heteroatoms. The minimum atomic E-state index is 0.342. The van der Waals surface area contributed by atoms with Crippen LogP contribution in [0.5, 0.6) is 0 Å². The Morgan fingerprint density at radius 3 is 2.82 bits per heavy atom. The first-order chi connectivity index (χ1) is 8.11. The second-order valence-electron chi connectivity index (χ2n) is 4.72. The van der Waals surface area contributed by atoms with Crippen LogP contribution in [0.15, 0.2) is 12.4 Å². The summed E-state index contributed by atoms with van der Waals surface area (Å²) >= 11 is 2.01. The SMILES string of the molecule is CC1(C)CCN(c2cnc(C#N)cn2)CCS1. The summed E-state index contributed by atoms with van der Waals surface area (Å²) in [7, 11) is 0. The summed E-state index contributed by atoms with van der Waals surface area (Å²) < 4.78 is 0.342. The summed E-state index contributed by atoms with van der Waals surface area (Å²) in [5, 5.41) is 8.68. The molecule has 1 saturated heterocycles. The van der Waals surface area contributed by atoms with Crippen molar-refractivity contribution in [3.63, 3.8) is 0 Å². The number of thioether (sulfide) groups is 1. The predicted molar refractivity (Wildman–Crippen MR) is 70.1 cm³/mol. The smallest absolute Gasteiger partial charge is 0.158 e. The van der Waals surface area contributed by atoms with Gasteiger partial charge in [0, 0.05) is 23.6 Å². The number of aromatic nitrogens is 2. The van der Waals surface area contributed by atoms with Crippen molar-refractivity contribution in [2.45, 2.75) is 25.0 Å². The molecule has 0 aliphatic carbocycles. The number of hydrogen-bond acceptors (Lipinski definition) is 5. The molecule has 1 aliphatic rings. The molecule has 2 heterocycles. The number of nitrogens with zero attached hydrogens (tertiary/aromatic N) is 4. The third-order valence-corrected chi connectivity index (χ3v) is 4.29. The zero-order chi connectivity index (χ0) is 12.3. The van der Waals surface area contributed by atoms with E-state index in [0.29, 0.717) is 10.4 Å². The van der Waals surface area contributed by atoms with Gasteiger partial charge in [0.05, 0.1) is 12.4 Å². The van der Waals surface area contributed by atoms with Crippen LogP contribution in [0.1, 0.15) is 26.0 Å². The highest BCUT2D eigenvalue weighted by Gasteiger charge is 2.24. The molecule has 2 rings (SSSR count). The maximum atomic E-state index is 8.68. The Morgan fingerprint density at radius 2 is 2.18 bits per heavy atom. The van der Waals surface area contributed by atoms with Crippen molar-refractivity contribution in [2.24, 2.45) is 0 Å². The fraction of sp³-hybridized carbons (Fsp3) is 0.583. The summed E-state index contributed by atoms with van der Waals surface area (Å²) in [4.78, 5) is 10.6. The molecule has 0 radical (unpaired) electrons. The van der Waals surface area contributed by atoms with Crippen molar-refractivity contribution >= 4 is 17.6 Å². The van der Waals surface area contributed by atoms with Crippen molar-refractivity contribution < 1.29 is 0 Å². The number of anilines is 1. The molecule has 0 bridgehead atoms. The highest BCUT2D eigenvalue weighted by Crippen LogP contribution is 2.31. The molecule has 90 valence electrons. The first kappa shape index (κ1) is 12.2. The molecule has 4 nitrogen and oxygen atoms in total. The number of nitriles is 1. The standard InChI is InChI=1S/C12H16N4S/c1-12(2)3-4-16(5-6-17-12)11-9-14-10(7-13)8-15-11/h8-9H,3-6H2,1-2H3. The Hall–Kier alpha value is -1.28. The summed E-state index contributed by atoms with van der Waals surface area (Å²) in [6, 6.07) is 1.99. The van der Waals surface area contributed by atoms with Gasteiger partial charge in [-0.15, -0.1) is 0 Å². The van der Waals surface area contributed by atoms with Crippen LogP contribution >= 0.6 is 11.8 Å². The molecule has 0 saturated carbocycles. The highest BCUT2D eigenvalue weighted by atomic mass is 32.2. The molecule has 0 aromatic carbocycles. The van der Waals surface area contributed by atoms with Gasteiger partial charge in [-0.1, -0.05) is 13.8 Å². The Balaban J connectivity index is 2.09. The van der Waals surface area contributed by atoms with Gasteiger partial charge in [0.1, 0.15) is 11.9 Å². The maximum absolute atomic E-state index is 8.68. The molecule has 0 atom stereocenters. The van der Waals surface area contributed by atoms with Crippen LogP contribution in [0.25, 0.3) is 0 Å². The summed E-state index contributed by atoms with van der Waals surface area (Å²) in [6.45, 7) is 6.56. The number of hydrogen-bond donors (Lipinski definition) is 0. The van der Waals surface area contributed by atoms with Crippen LogP contribution in [0.2, 0.25) is 0 Å². The van der Waals surface area contributed by atoms with E-state index in [1.54, 1.807) is 12.4 Å². The molecule has 1 aromatic rings. The van der Waals surface area contributed by atoms with E-state index in [1.165, 1.54) is 0 Å². The van der Waals surface area contributed by atoms with Crippen molar-refractivity contribution in [1.82, 2.24) is 9.97 Å². The van der Waals surface area contributed by atoms with Gasteiger partial charge >= 0.3 is 0 Å². The summed E-state index contributed by atoms with van der Waals surface area (Å²) in [6.07, 6.45) is 4.37. The molecular formula is C12H16N4S. The zero-order valence-corrected chi connectivity index (χ0v) is 11.0. The van der Waals surface area contributed by atoms with Crippen LogP contribution in [-0.4, -0.2) is 33.6 Å². The second-order valence-corrected chi connectivity index (χ2v) is 6.52. The molecule has 0 amide bonds. The van der Waals surface area contributed by atoms with E-state index in [1.807, 2.05) is 17.8 Å². The quantitative estimate of drug-likeness (QED) is 0.761. The van der Waals surface area contributed by atoms with E-state index in [-0.39, 0.29) is 0 Å². The largest absolute Gasteiger partial charge is 0.354 e. The first-order valence-corrected chi connectivity index (χ1v) is 6.70. The van der Waals surface area contributed by atoms with Crippen LogP contribution in [-0.2, 0) is 0 Å². The van der Waals surface area contributed by atoms with Gasteiger partial charge in [0.2, 0.25) is 0 Å². The Labute approximate surface area is 106 Å². The highest BCUT2D eigenvalue weighted by molar-refractivity contribution is 8.00. The molecule has 1 fully saturated rings. The van der Waals surface area contributed by atoms with Crippen LogP contribution in [0.4, 0.5) is 5.82 Å². The lowest BCUT2D eigenvalue weighted by atomic mass is 10.1. The molecular weight excluding hydrogens is 232 g/mol. The van der Waals surface area contributed by atoms with E-state index in [9.17, 15) is 0 Å². The normalized spacial score (nSPS) is 19.5. The molecule has 17 heavy (non-hydrogen) atoms. The molecule has 1 aliphatic heterocycles. The van der Waals surface area contributed by atoms with Crippen molar-refractivity contribution in [3.8, 4) is 6.07 Å². The van der Waals surface area contributed by atoms with Crippen LogP contribution < -0.4 is 4.90 Å². The molecule has 1 aromatic heterocycles.